The first kappa shape index (κ1) is 31.4. The molecule has 0 aliphatic heterocycles. The summed E-state index contributed by atoms with van der Waals surface area (Å²) in [6.45, 7) is 20.9. The molecule has 0 aliphatic rings. The van der Waals surface area contributed by atoms with Gasteiger partial charge in [0.1, 0.15) is 5.75 Å². The van der Waals surface area contributed by atoms with Crippen LogP contribution in [0.25, 0.3) is 0 Å². The van der Waals surface area contributed by atoms with E-state index >= 15 is 0 Å². The van der Waals surface area contributed by atoms with Crippen LogP contribution in [0, 0.1) is 0 Å². The van der Waals surface area contributed by atoms with Gasteiger partial charge in [0.25, 0.3) is 0 Å². The Morgan fingerprint density at radius 3 is 1.57 bits per heavy atom. The van der Waals surface area contributed by atoms with Gasteiger partial charge in [-0.25, -0.2) is 4.57 Å². The highest BCUT2D eigenvalue weighted by Crippen LogP contribution is 2.49. The molecule has 1 amide bonds. The first-order valence-corrected chi connectivity index (χ1v) is 15.2. The summed E-state index contributed by atoms with van der Waals surface area (Å²) >= 11 is 6.38. The quantitative estimate of drug-likeness (QED) is 0.283. The molecule has 206 valence electrons. The number of rotatable bonds is 11. The van der Waals surface area contributed by atoms with Crippen molar-refractivity contribution < 1.29 is 18.4 Å². The molecule has 0 saturated carbocycles. The number of hydrogen-bond acceptors (Lipinski definition) is 4. The van der Waals surface area contributed by atoms with Gasteiger partial charge in [0.15, 0.2) is 0 Å². The van der Waals surface area contributed by atoms with Crippen molar-refractivity contribution in [2.75, 3.05) is 7.11 Å². The number of hydrogen-bond donors (Lipinski definition) is 1. The highest BCUT2D eigenvalue weighted by molar-refractivity contribution is 7.52. The summed E-state index contributed by atoms with van der Waals surface area (Å²) in [5.41, 5.74) is 6.15. The van der Waals surface area contributed by atoms with E-state index < -0.39 is 13.7 Å². The Labute approximate surface area is 229 Å². The van der Waals surface area contributed by atoms with Crippen LogP contribution >= 0.6 is 19.3 Å². The van der Waals surface area contributed by atoms with E-state index in [0.29, 0.717) is 16.7 Å². The number of nitrogens with one attached hydrogen (secondary N) is 1. The van der Waals surface area contributed by atoms with E-state index in [2.05, 4.69) is 58.8 Å². The third-order valence-corrected chi connectivity index (χ3v) is 8.30. The third kappa shape index (κ3) is 7.85. The van der Waals surface area contributed by atoms with Crippen LogP contribution in [0.5, 0.6) is 5.75 Å². The molecule has 2 rings (SSSR count). The van der Waals surface area contributed by atoms with Crippen LogP contribution in [0.15, 0.2) is 24.3 Å². The summed E-state index contributed by atoms with van der Waals surface area (Å²) in [5, 5.41) is 3.18. The first-order valence-electron chi connectivity index (χ1n) is 13.3. The van der Waals surface area contributed by atoms with Gasteiger partial charge in [-0.05, 0) is 75.1 Å². The maximum absolute atomic E-state index is 13.8. The number of benzene rings is 2. The van der Waals surface area contributed by atoms with Crippen molar-refractivity contribution in [3.63, 3.8) is 0 Å². The molecule has 0 heterocycles. The van der Waals surface area contributed by atoms with Crippen molar-refractivity contribution in [3.8, 4) is 5.75 Å². The van der Waals surface area contributed by atoms with Crippen LogP contribution in [-0.4, -0.2) is 13.0 Å². The minimum Gasteiger partial charge on any atom is -0.408 e. The van der Waals surface area contributed by atoms with Crippen molar-refractivity contribution in [2.24, 2.45) is 0 Å². The molecule has 5 nitrogen and oxygen atoms in total. The van der Waals surface area contributed by atoms with Gasteiger partial charge in [-0.1, -0.05) is 93.0 Å². The minimum atomic E-state index is -4.01. The monoisotopic (exact) mass is 549 g/mol. The average molecular weight is 550 g/mol. The zero-order valence-electron chi connectivity index (χ0n) is 24.4. The average Bonchev–Trinajstić information content (AvgIpc) is 2.78. The molecule has 0 spiro atoms. The van der Waals surface area contributed by atoms with E-state index in [0.717, 1.165) is 27.8 Å². The fourth-order valence-corrected chi connectivity index (χ4v) is 5.77. The Morgan fingerprint density at radius 1 is 0.784 bits per heavy atom. The molecule has 2 aromatic carbocycles. The van der Waals surface area contributed by atoms with Gasteiger partial charge in [-0.3, -0.25) is 14.4 Å². The summed E-state index contributed by atoms with van der Waals surface area (Å²) in [7, 11) is -2.72. The van der Waals surface area contributed by atoms with Gasteiger partial charge in [-0.2, -0.15) is 0 Å². The molecule has 1 N–H and O–H groups in total. The number of halogens is 1. The molecule has 7 heteroatoms. The van der Waals surface area contributed by atoms with Crippen molar-refractivity contribution >= 4 is 25.3 Å². The van der Waals surface area contributed by atoms with Gasteiger partial charge in [-0.15, -0.1) is 0 Å². The summed E-state index contributed by atoms with van der Waals surface area (Å²) in [4.78, 5) is 13.4. The molecule has 0 fully saturated rings. The molecule has 37 heavy (non-hydrogen) atoms. The molecule has 1 atom stereocenters. The van der Waals surface area contributed by atoms with E-state index in [1.54, 1.807) is 0 Å². The Balaban J connectivity index is 2.48. The van der Waals surface area contributed by atoms with Crippen LogP contribution in [-0.2, 0) is 20.3 Å². The van der Waals surface area contributed by atoms with E-state index in [4.69, 9.17) is 20.6 Å². The van der Waals surface area contributed by atoms with Crippen molar-refractivity contribution in [2.45, 2.75) is 105 Å². The molecule has 2 aromatic rings. The van der Waals surface area contributed by atoms with E-state index in [1.807, 2.05) is 39.8 Å². The maximum atomic E-state index is 13.8. The summed E-state index contributed by atoms with van der Waals surface area (Å²) < 4.78 is 25.1. The lowest BCUT2D eigenvalue weighted by Crippen LogP contribution is -2.27. The van der Waals surface area contributed by atoms with Crippen LogP contribution in [0.2, 0.25) is 5.02 Å². The Hall–Kier alpha value is -1.81. The van der Waals surface area contributed by atoms with Crippen molar-refractivity contribution in [3.05, 3.63) is 62.7 Å². The topological polar surface area (TPSA) is 64.6 Å². The largest absolute Gasteiger partial charge is 0.488 e. The van der Waals surface area contributed by atoms with Gasteiger partial charge in [0.2, 0.25) is 5.91 Å². The normalized spacial score (nSPS) is 13.6. The summed E-state index contributed by atoms with van der Waals surface area (Å²) in [5.74, 6) is 1.03. The van der Waals surface area contributed by atoms with Crippen molar-refractivity contribution in [1.82, 2.24) is 5.09 Å². The summed E-state index contributed by atoms with van der Waals surface area (Å²) in [6.07, 6.45) is 0.0881. The fraction of sp³-hybridized carbons (Fsp3) is 0.567. The first-order chi connectivity index (χ1) is 17.1. The predicted octanol–water partition coefficient (Wildman–Crippen LogP) is 9.45. The Kier molecular flexibility index (Phi) is 10.9. The molecular weight excluding hydrogens is 505 g/mol. The SMILES string of the molecule is COP(=O)(NC(=O)Cc1c(C(C)C)cc(C(C)C)cc1C(C)C)Oc1c(C(C)C)cc(Cl)cc1C(C)C. The smallest absolute Gasteiger partial charge is 0.408 e. The van der Waals surface area contributed by atoms with Crippen LogP contribution in [0.4, 0.5) is 0 Å². The zero-order chi connectivity index (χ0) is 28.2. The number of amides is 1. The van der Waals surface area contributed by atoms with Crippen LogP contribution in [0.3, 0.4) is 0 Å². The molecule has 0 bridgehead atoms. The van der Waals surface area contributed by atoms with E-state index in [9.17, 15) is 9.36 Å². The lowest BCUT2D eigenvalue weighted by Gasteiger charge is -2.25. The van der Waals surface area contributed by atoms with Gasteiger partial charge < -0.3 is 4.52 Å². The predicted molar refractivity (Wildman–Crippen MR) is 155 cm³/mol. The van der Waals surface area contributed by atoms with Gasteiger partial charge in [0, 0.05) is 12.1 Å². The van der Waals surface area contributed by atoms with Crippen molar-refractivity contribution in [1.29, 1.82) is 0 Å². The second-order valence-electron chi connectivity index (χ2n) is 11.3. The lowest BCUT2D eigenvalue weighted by molar-refractivity contribution is -0.119. The molecule has 1 unspecified atom stereocenters. The van der Waals surface area contributed by atoms with Crippen LogP contribution < -0.4 is 9.61 Å². The maximum Gasteiger partial charge on any atom is 0.488 e. The molecule has 0 aromatic heterocycles. The van der Waals surface area contributed by atoms with E-state index in [-0.39, 0.29) is 30.1 Å². The second kappa shape index (κ2) is 12.8. The second-order valence-corrected chi connectivity index (χ2v) is 13.6. The van der Waals surface area contributed by atoms with Gasteiger partial charge in [0.05, 0.1) is 6.42 Å². The Bertz CT molecular complexity index is 1100. The van der Waals surface area contributed by atoms with Crippen LogP contribution in [0.1, 0.15) is 132 Å². The molecule has 0 radical (unpaired) electrons. The third-order valence-electron chi connectivity index (χ3n) is 6.66. The summed E-state index contributed by atoms with van der Waals surface area (Å²) in [6, 6.07) is 8.03. The number of carbonyl (C=O) groups is 1. The highest BCUT2D eigenvalue weighted by Gasteiger charge is 2.32. The highest BCUT2D eigenvalue weighted by atomic mass is 35.5. The standard InChI is InChI=1S/C30H45ClNO4P/c1-17(2)22-12-24(18(3)4)28(25(13-22)19(5)6)16-29(33)32-37(34,35-11)36-30-26(20(7)8)14-23(31)15-27(30)21(9)10/h12-15,17-21H,16H2,1-11H3,(H,32,33,34). The Morgan fingerprint density at radius 2 is 1.22 bits per heavy atom. The molecule has 0 aliphatic carbocycles. The fourth-order valence-electron chi connectivity index (χ4n) is 4.49. The molecular formula is C30H45ClNO4P. The molecule has 0 saturated heterocycles. The zero-order valence-corrected chi connectivity index (χ0v) is 26.0. The van der Waals surface area contributed by atoms with E-state index in [1.165, 1.54) is 12.7 Å². The van der Waals surface area contributed by atoms with Gasteiger partial charge >= 0.3 is 7.75 Å². The lowest BCUT2D eigenvalue weighted by atomic mass is 9.83. The number of carbonyl (C=O) groups excluding carboxylic acids is 1. The minimum absolute atomic E-state index is 0.0638.